The van der Waals surface area contributed by atoms with E-state index in [1.165, 1.54) is 0 Å². The molecule has 0 unspecified atom stereocenters. The van der Waals surface area contributed by atoms with Gasteiger partial charge in [-0.15, -0.1) is 0 Å². The summed E-state index contributed by atoms with van der Waals surface area (Å²) in [7, 11) is -3.36. The maximum atomic E-state index is 15.3. The molecule has 0 aliphatic carbocycles. The van der Waals surface area contributed by atoms with Crippen LogP contribution in [0.25, 0.3) is 43.4 Å². The van der Waals surface area contributed by atoms with E-state index < -0.39 is 7.14 Å². The predicted octanol–water partition coefficient (Wildman–Crippen LogP) is 6.73. The summed E-state index contributed by atoms with van der Waals surface area (Å²) in [6, 6.07) is 42.2. The molecule has 0 fully saturated rings. The zero-order chi connectivity index (χ0) is 24.1. The van der Waals surface area contributed by atoms with Gasteiger partial charge in [0.15, 0.2) is 0 Å². The highest BCUT2D eigenvalue weighted by Crippen LogP contribution is 2.42. The average molecular weight is 481 g/mol. The largest absolute Gasteiger partial charge is 0.305 e. The van der Waals surface area contributed by atoms with Crippen molar-refractivity contribution in [1.29, 1.82) is 0 Å². The van der Waals surface area contributed by atoms with Crippen LogP contribution in [-0.2, 0) is 4.57 Å². The minimum atomic E-state index is -3.36. The first-order chi connectivity index (χ1) is 17.7. The Morgan fingerprint density at radius 3 is 1.36 bits per heavy atom. The second-order valence-electron chi connectivity index (χ2n) is 9.00. The van der Waals surface area contributed by atoms with Crippen LogP contribution in [0.15, 0.2) is 127 Å². The van der Waals surface area contributed by atoms with Crippen LogP contribution >= 0.6 is 7.14 Å². The molecule has 0 amide bonds. The monoisotopic (exact) mass is 480 g/mol. The summed E-state index contributed by atoms with van der Waals surface area (Å²) in [5, 5.41) is 7.09. The Morgan fingerprint density at radius 2 is 0.833 bits per heavy atom. The lowest BCUT2D eigenvalue weighted by Gasteiger charge is -2.19. The van der Waals surface area contributed by atoms with Crippen LogP contribution in [0.3, 0.4) is 0 Å². The van der Waals surface area contributed by atoms with E-state index in [1.54, 1.807) is 0 Å². The van der Waals surface area contributed by atoms with Crippen LogP contribution in [0.5, 0.6) is 0 Å². The van der Waals surface area contributed by atoms with Gasteiger partial charge >= 0.3 is 0 Å². The fourth-order valence-corrected chi connectivity index (χ4v) is 7.47. The van der Waals surface area contributed by atoms with Gasteiger partial charge in [0.2, 0.25) is 7.14 Å². The van der Waals surface area contributed by atoms with Crippen molar-refractivity contribution in [2.75, 3.05) is 0 Å². The van der Waals surface area contributed by atoms with E-state index in [4.69, 9.17) is 9.97 Å². The molecule has 0 N–H and O–H groups in total. The van der Waals surface area contributed by atoms with E-state index in [2.05, 4.69) is 48.5 Å². The van der Waals surface area contributed by atoms with Gasteiger partial charge in [-0.25, -0.2) is 9.97 Å². The summed E-state index contributed by atoms with van der Waals surface area (Å²) in [6.45, 7) is 0. The lowest BCUT2D eigenvalue weighted by Crippen LogP contribution is -2.28. The lowest BCUT2D eigenvalue weighted by molar-refractivity contribution is 0.591. The SMILES string of the molecule is O=P(c1ccccc1)(c1ccc2ccc3ccccc3c2n1)c1ccc2ccc3ccccc3c2n1. The smallest absolute Gasteiger partial charge is 0.206 e. The van der Waals surface area contributed by atoms with Crippen LogP contribution in [-0.4, -0.2) is 9.97 Å². The Balaban J connectivity index is 1.55. The second kappa shape index (κ2) is 8.12. The van der Waals surface area contributed by atoms with Gasteiger partial charge in [0.05, 0.1) is 11.0 Å². The molecule has 0 saturated carbocycles. The van der Waals surface area contributed by atoms with Crippen molar-refractivity contribution in [2.24, 2.45) is 0 Å². The first kappa shape index (κ1) is 21.0. The molecule has 0 spiro atoms. The molecule has 170 valence electrons. The van der Waals surface area contributed by atoms with Crippen molar-refractivity contribution in [2.45, 2.75) is 0 Å². The summed E-state index contributed by atoms with van der Waals surface area (Å²) in [5.41, 5.74) is 2.80. The molecule has 2 heterocycles. The molecule has 4 heteroatoms. The molecule has 0 bridgehead atoms. The number of rotatable bonds is 3. The molecule has 0 radical (unpaired) electrons. The Hall–Kier alpha value is -4.33. The number of aromatic nitrogens is 2. The second-order valence-corrected chi connectivity index (χ2v) is 11.7. The summed E-state index contributed by atoms with van der Waals surface area (Å²) in [6.07, 6.45) is 0. The Kier molecular flexibility index (Phi) is 4.73. The van der Waals surface area contributed by atoms with Gasteiger partial charge in [0.1, 0.15) is 10.9 Å². The third-order valence-electron chi connectivity index (χ3n) is 6.91. The zero-order valence-corrected chi connectivity index (χ0v) is 20.3. The Morgan fingerprint density at radius 1 is 0.417 bits per heavy atom. The minimum absolute atomic E-state index is 0.546. The third-order valence-corrected chi connectivity index (χ3v) is 9.72. The molecule has 0 aliphatic heterocycles. The van der Waals surface area contributed by atoms with Gasteiger partial charge in [0, 0.05) is 26.8 Å². The van der Waals surface area contributed by atoms with Gasteiger partial charge in [0.25, 0.3) is 0 Å². The van der Waals surface area contributed by atoms with Crippen molar-refractivity contribution >= 4 is 66.7 Å². The third kappa shape index (κ3) is 3.17. The number of hydrogen-bond acceptors (Lipinski definition) is 3. The quantitative estimate of drug-likeness (QED) is 0.208. The van der Waals surface area contributed by atoms with Gasteiger partial charge in [-0.05, 0) is 22.9 Å². The lowest BCUT2D eigenvalue weighted by atomic mass is 10.1. The first-order valence-corrected chi connectivity index (χ1v) is 13.7. The summed E-state index contributed by atoms with van der Waals surface area (Å²) in [4.78, 5) is 10.1. The van der Waals surface area contributed by atoms with Crippen LogP contribution in [0.2, 0.25) is 0 Å². The fraction of sp³-hybridized carbons (Fsp3) is 0. The van der Waals surface area contributed by atoms with Crippen LogP contribution in [0, 0.1) is 0 Å². The zero-order valence-electron chi connectivity index (χ0n) is 19.4. The number of fused-ring (bicyclic) bond motifs is 6. The highest BCUT2D eigenvalue weighted by atomic mass is 31.2. The molecule has 5 aromatic carbocycles. The molecule has 2 aromatic heterocycles. The topological polar surface area (TPSA) is 42.9 Å². The van der Waals surface area contributed by atoms with Crippen molar-refractivity contribution in [3.05, 3.63) is 127 Å². The average Bonchev–Trinajstić information content (AvgIpc) is 2.96. The predicted molar refractivity (Wildman–Crippen MR) is 151 cm³/mol. The summed E-state index contributed by atoms with van der Waals surface area (Å²) >= 11 is 0. The highest BCUT2D eigenvalue weighted by molar-refractivity contribution is 7.85. The van der Waals surface area contributed by atoms with Crippen molar-refractivity contribution < 1.29 is 4.57 Å². The van der Waals surface area contributed by atoms with Crippen molar-refractivity contribution in [3.8, 4) is 0 Å². The summed E-state index contributed by atoms with van der Waals surface area (Å²) < 4.78 is 15.3. The first-order valence-electron chi connectivity index (χ1n) is 12.0. The molecule has 0 saturated heterocycles. The van der Waals surface area contributed by atoms with Crippen LogP contribution < -0.4 is 16.2 Å². The Bertz CT molecular complexity index is 1860. The Labute approximate surface area is 208 Å². The van der Waals surface area contributed by atoms with E-state index in [9.17, 15) is 0 Å². The van der Waals surface area contributed by atoms with Gasteiger partial charge < -0.3 is 4.57 Å². The van der Waals surface area contributed by atoms with E-state index in [0.717, 1.165) is 48.7 Å². The van der Waals surface area contributed by atoms with Gasteiger partial charge in [-0.3, -0.25) is 0 Å². The van der Waals surface area contributed by atoms with Crippen molar-refractivity contribution in [1.82, 2.24) is 9.97 Å². The van der Waals surface area contributed by atoms with E-state index >= 15 is 4.57 Å². The van der Waals surface area contributed by atoms with E-state index in [-0.39, 0.29) is 0 Å². The van der Waals surface area contributed by atoms with Crippen LogP contribution in [0.4, 0.5) is 0 Å². The van der Waals surface area contributed by atoms with Gasteiger partial charge in [-0.2, -0.15) is 0 Å². The molecular formula is C32H21N2OP. The molecule has 7 rings (SSSR count). The maximum absolute atomic E-state index is 15.3. The standard InChI is InChI=1S/C32H21N2OP/c35-36(26-10-2-1-3-11-26,29-20-18-24-16-14-22-8-4-6-12-27(22)31(24)33-29)30-21-19-25-17-15-23-9-5-7-13-28(23)32(25)34-30/h1-21H. The number of benzene rings is 5. The van der Waals surface area contributed by atoms with E-state index in [0.29, 0.717) is 10.9 Å². The number of nitrogens with zero attached hydrogens (tertiary/aromatic N) is 2. The molecule has 36 heavy (non-hydrogen) atoms. The molecule has 0 atom stereocenters. The highest BCUT2D eigenvalue weighted by Gasteiger charge is 2.33. The number of hydrogen-bond donors (Lipinski definition) is 0. The maximum Gasteiger partial charge on any atom is 0.206 e. The fourth-order valence-electron chi connectivity index (χ4n) is 5.07. The van der Waals surface area contributed by atoms with Crippen LogP contribution in [0.1, 0.15) is 0 Å². The summed E-state index contributed by atoms with van der Waals surface area (Å²) in [5.74, 6) is 0. The molecule has 0 aliphatic rings. The normalized spacial score (nSPS) is 12.0. The van der Waals surface area contributed by atoms with E-state index in [1.807, 2.05) is 78.9 Å². The van der Waals surface area contributed by atoms with Gasteiger partial charge in [-0.1, -0.05) is 115 Å². The number of pyridine rings is 2. The minimum Gasteiger partial charge on any atom is -0.305 e. The molecule has 7 aromatic rings. The van der Waals surface area contributed by atoms with Crippen molar-refractivity contribution in [3.63, 3.8) is 0 Å². The molecule has 3 nitrogen and oxygen atoms in total. The molecular weight excluding hydrogens is 459 g/mol.